The summed E-state index contributed by atoms with van der Waals surface area (Å²) in [6.07, 6.45) is 3.03. The van der Waals surface area contributed by atoms with E-state index in [0.29, 0.717) is 23.8 Å². The molecule has 0 spiro atoms. The molecule has 0 bridgehead atoms. The molecule has 0 fully saturated rings. The Morgan fingerprint density at radius 2 is 2.17 bits per heavy atom. The molecule has 152 valence electrons. The van der Waals surface area contributed by atoms with Gasteiger partial charge in [-0.25, -0.2) is 4.98 Å². The molecule has 1 aromatic carbocycles. The SMILES string of the molecule is CCN1C(=O)C(C)(C)c2cc3[nH]c(-c4n[nH]cc4NC(=O)c4ccco4)nc3cc21. The Balaban J connectivity index is 1.55. The second-order valence-electron chi connectivity index (χ2n) is 7.73. The molecule has 0 saturated heterocycles. The van der Waals surface area contributed by atoms with Gasteiger partial charge < -0.3 is 19.6 Å². The first-order valence-electron chi connectivity index (χ1n) is 9.65. The predicted octanol–water partition coefficient (Wildman–Crippen LogP) is 3.44. The second kappa shape index (κ2) is 6.31. The molecule has 4 heterocycles. The van der Waals surface area contributed by atoms with Crippen molar-refractivity contribution < 1.29 is 14.0 Å². The van der Waals surface area contributed by atoms with E-state index in [1.165, 1.54) is 6.26 Å². The number of imidazole rings is 1. The quantitative estimate of drug-likeness (QED) is 0.481. The lowest BCUT2D eigenvalue weighted by molar-refractivity contribution is -0.122. The van der Waals surface area contributed by atoms with Gasteiger partial charge in [-0.1, -0.05) is 0 Å². The molecule has 9 heteroatoms. The lowest BCUT2D eigenvalue weighted by Gasteiger charge is -2.18. The van der Waals surface area contributed by atoms with E-state index in [-0.39, 0.29) is 17.6 Å². The third-order valence-electron chi connectivity index (χ3n) is 5.52. The average Bonchev–Trinajstić information content (AvgIpc) is 3.48. The van der Waals surface area contributed by atoms with Gasteiger partial charge in [-0.05, 0) is 50.6 Å². The fourth-order valence-corrected chi connectivity index (χ4v) is 3.92. The zero-order valence-electron chi connectivity index (χ0n) is 16.7. The zero-order valence-corrected chi connectivity index (χ0v) is 16.7. The molecule has 30 heavy (non-hydrogen) atoms. The zero-order chi connectivity index (χ0) is 21.0. The Kier molecular flexibility index (Phi) is 3.82. The number of benzene rings is 1. The topological polar surface area (TPSA) is 120 Å². The first-order chi connectivity index (χ1) is 14.4. The van der Waals surface area contributed by atoms with Crippen LogP contribution in [0.4, 0.5) is 11.4 Å². The summed E-state index contributed by atoms with van der Waals surface area (Å²) in [6.45, 7) is 6.42. The minimum absolute atomic E-state index is 0.0862. The van der Waals surface area contributed by atoms with E-state index in [0.717, 1.165) is 22.3 Å². The first kappa shape index (κ1) is 18.2. The second-order valence-corrected chi connectivity index (χ2v) is 7.73. The number of fused-ring (bicyclic) bond motifs is 2. The molecule has 5 rings (SSSR count). The van der Waals surface area contributed by atoms with Crippen LogP contribution in [0.3, 0.4) is 0 Å². The fourth-order valence-electron chi connectivity index (χ4n) is 3.92. The fraction of sp³-hybridized carbons (Fsp3) is 0.238. The van der Waals surface area contributed by atoms with Crippen molar-refractivity contribution in [2.24, 2.45) is 0 Å². The first-order valence-corrected chi connectivity index (χ1v) is 9.65. The van der Waals surface area contributed by atoms with Crippen molar-refractivity contribution in [3.63, 3.8) is 0 Å². The van der Waals surface area contributed by atoms with Crippen molar-refractivity contribution in [1.29, 1.82) is 0 Å². The third-order valence-corrected chi connectivity index (χ3v) is 5.52. The number of H-pyrrole nitrogens is 2. The van der Waals surface area contributed by atoms with Gasteiger partial charge in [0.05, 0.1) is 34.1 Å². The Labute approximate surface area is 171 Å². The van der Waals surface area contributed by atoms with Crippen molar-refractivity contribution in [3.05, 3.63) is 48.0 Å². The lowest BCUT2D eigenvalue weighted by atomic mass is 9.86. The summed E-state index contributed by atoms with van der Waals surface area (Å²) in [7, 11) is 0. The number of hydrogen-bond donors (Lipinski definition) is 3. The minimum atomic E-state index is -0.598. The number of nitrogens with one attached hydrogen (secondary N) is 3. The van der Waals surface area contributed by atoms with Gasteiger partial charge in [0, 0.05) is 12.7 Å². The van der Waals surface area contributed by atoms with Gasteiger partial charge in [0.2, 0.25) is 5.91 Å². The number of rotatable bonds is 4. The summed E-state index contributed by atoms with van der Waals surface area (Å²) in [5, 5.41) is 9.78. The van der Waals surface area contributed by atoms with Crippen LogP contribution in [-0.2, 0) is 10.2 Å². The van der Waals surface area contributed by atoms with E-state index < -0.39 is 5.41 Å². The molecule has 3 N–H and O–H groups in total. The van der Waals surface area contributed by atoms with Gasteiger partial charge in [0.1, 0.15) is 0 Å². The lowest BCUT2D eigenvalue weighted by Crippen LogP contribution is -2.35. The van der Waals surface area contributed by atoms with Crippen LogP contribution in [0.25, 0.3) is 22.6 Å². The normalized spacial score (nSPS) is 15.0. The van der Waals surface area contributed by atoms with Crippen molar-refractivity contribution in [1.82, 2.24) is 20.2 Å². The summed E-state index contributed by atoms with van der Waals surface area (Å²) >= 11 is 0. The summed E-state index contributed by atoms with van der Waals surface area (Å²) < 4.78 is 5.13. The number of carbonyl (C=O) groups is 2. The average molecular weight is 404 g/mol. The minimum Gasteiger partial charge on any atom is -0.459 e. The van der Waals surface area contributed by atoms with Gasteiger partial charge in [0.25, 0.3) is 5.91 Å². The van der Waals surface area contributed by atoms with Gasteiger partial charge >= 0.3 is 0 Å². The Morgan fingerprint density at radius 1 is 1.33 bits per heavy atom. The monoisotopic (exact) mass is 404 g/mol. The molecule has 0 aliphatic carbocycles. The highest BCUT2D eigenvalue weighted by Gasteiger charge is 2.43. The molecular formula is C21H20N6O3. The highest BCUT2D eigenvalue weighted by atomic mass is 16.3. The molecule has 0 atom stereocenters. The summed E-state index contributed by atoms with van der Waals surface area (Å²) in [4.78, 5) is 34.8. The van der Waals surface area contributed by atoms with E-state index in [4.69, 9.17) is 4.42 Å². The highest BCUT2D eigenvalue weighted by Crippen LogP contribution is 2.43. The number of carbonyl (C=O) groups excluding carboxylic acids is 2. The smallest absolute Gasteiger partial charge is 0.291 e. The predicted molar refractivity (Wildman–Crippen MR) is 111 cm³/mol. The molecule has 0 radical (unpaired) electrons. The maximum Gasteiger partial charge on any atom is 0.291 e. The van der Waals surface area contributed by atoms with E-state index in [9.17, 15) is 9.59 Å². The number of anilines is 2. The van der Waals surface area contributed by atoms with Crippen molar-refractivity contribution >= 4 is 34.2 Å². The Bertz CT molecular complexity index is 1280. The van der Waals surface area contributed by atoms with E-state index in [1.807, 2.05) is 32.9 Å². The summed E-state index contributed by atoms with van der Waals surface area (Å²) in [5.74, 6) is 0.422. The van der Waals surface area contributed by atoms with Gasteiger partial charge in [-0.2, -0.15) is 5.10 Å². The van der Waals surface area contributed by atoms with Crippen molar-refractivity contribution in [3.8, 4) is 11.5 Å². The standard InChI is InChI=1S/C21H20N6O3/c1-4-27-15-9-13-12(8-11(15)21(2,3)20(27)29)23-18(24-13)17-14(10-22-26-17)25-19(28)16-6-5-7-30-16/h5-10H,4H2,1-3H3,(H,22,26)(H,23,24)(H,25,28). The molecule has 0 saturated carbocycles. The largest absolute Gasteiger partial charge is 0.459 e. The van der Waals surface area contributed by atoms with E-state index in [2.05, 4.69) is 25.5 Å². The summed E-state index contributed by atoms with van der Waals surface area (Å²) in [6, 6.07) is 7.13. The van der Waals surface area contributed by atoms with E-state index in [1.54, 1.807) is 23.2 Å². The summed E-state index contributed by atoms with van der Waals surface area (Å²) in [5.41, 5.74) is 3.73. The maximum atomic E-state index is 12.7. The number of amides is 2. The molecular weight excluding hydrogens is 384 g/mol. The van der Waals surface area contributed by atoms with Crippen molar-refractivity contribution in [2.75, 3.05) is 16.8 Å². The molecule has 1 aliphatic heterocycles. The molecule has 3 aromatic heterocycles. The van der Waals surface area contributed by atoms with Gasteiger partial charge in [-0.15, -0.1) is 0 Å². The third kappa shape index (κ3) is 2.55. The van der Waals surface area contributed by atoms with Crippen LogP contribution >= 0.6 is 0 Å². The van der Waals surface area contributed by atoms with Crippen molar-refractivity contribution in [2.45, 2.75) is 26.2 Å². The highest BCUT2D eigenvalue weighted by molar-refractivity contribution is 6.09. The Hall–Kier alpha value is -3.88. The van der Waals surface area contributed by atoms with Crippen LogP contribution in [0.1, 0.15) is 36.9 Å². The van der Waals surface area contributed by atoms with Crippen LogP contribution in [0, 0.1) is 0 Å². The number of aromatic amines is 2. The number of furan rings is 1. The molecule has 2 amide bonds. The number of aromatic nitrogens is 4. The van der Waals surface area contributed by atoms with Gasteiger partial charge in [0.15, 0.2) is 17.3 Å². The number of hydrogen-bond acceptors (Lipinski definition) is 5. The van der Waals surface area contributed by atoms with Crippen LogP contribution < -0.4 is 10.2 Å². The van der Waals surface area contributed by atoms with Crippen LogP contribution in [0.15, 0.2) is 41.1 Å². The molecule has 4 aromatic rings. The van der Waals surface area contributed by atoms with Crippen LogP contribution in [0.2, 0.25) is 0 Å². The molecule has 9 nitrogen and oxygen atoms in total. The Morgan fingerprint density at radius 3 is 2.90 bits per heavy atom. The van der Waals surface area contributed by atoms with Crippen LogP contribution in [0.5, 0.6) is 0 Å². The molecule has 0 unspecified atom stereocenters. The van der Waals surface area contributed by atoms with Gasteiger partial charge in [-0.3, -0.25) is 14.7 Å². The van der Waals surface area contributed by atoms with E-state index >= 15 is 0 Å². The number of likely N-dealkylation sites (N-methyl/N-ethyl adjacent to an activating group) is 1. The van der Waals surface area contributed by atoms with Crippen LogP contribution in [-0.4, -0.2) is 38.5 Å². The maximum absolute atomic E-state index is 12.7. The molecule has 1 aliphatic rings. The number of nitrogens with zero attached hydrogens (tertiary/aromatic N) is 3.